The normalized spacial score (nSPS) is 11.7. The molecule has 5 N–H and O–H groups in total. The lowest BCUT2D eigenvalue weighted by molar-refractivity contribution is 0.0933. The van der Waals surface area contributed by atoms with Crippen molar-refractivity contribution in [2.75, 3.05) is 13.2 Å². The highest BCUT2D eigenvalue weighted by Crippen LogP contribution is 2.13. The fourth-order valence-corrected chi connectivity index (χ4v) is 2.06. The molecule has 1 aromatic carbocycles. The number of nitrogens with two attached hydrogens (primary N) is 1. The van der Waals surface area contributed by atoms with Gasteiger partial charge < -0.3 is 20.9 Å². The smallest absolute Gasteiger partial charge is 0.251 e. The number of nitrogens with one attached hydrogen (secondary N) is 2. The van der Waals surface area contributed by atoms with Crippen LogP contribution in [0.1, 0.15) is 49.4 Å². The summed E-state index contributed by atoms with van der Waals surface area (Å²) in [7, 11) is 0. The average molecular weight is 321 g/mol. The summed E-state index contributed by atoms with van der Waals surface area (Å²) < 4.78 is 5.64. The topological polar surface area (TPSA) is 108 Å². The van der Waals surface area contributed by atoms with Gasteiger partial charge in [0.15, 0.2) is 0 Å². The number of benzene rings is 1. The van der Waals surface area contributed by atoms with Crippen molar-refractivity contribution >= 4 is 11.7 Å². The van der Waals surface area contributed by atoms with E-state index >= 15 is 0 Å². The molecular formula is C17H27N3O3. The predicted molar refractivity (Wildman–Crippen MR) is 91.0 cm³/mol. The first kappa shape index (κ1) is 19.0. The van der Waals surface area contributed by atoms with E-state index in [0.717, 1.165) is 12.2 Å². The summed E-state index contributed by atoms with van der Waals surface area (Å²) in [5.74, 6) is 0.0663. The van der Waals surface area contributed by atoms with E-state index in [9.17, 15) is 4.79 Å². The van der Waals surface area contributed by atoms with E-state index in [-0.39, 0.29) is 11.7 Å². The Morgan fingerprint density at radius 2 is 1.91 bits per heavy atom. The molecule has 0 saturated heterocycles. The number of carbonyl (C=O) groups is 1. The molecule has 0 heterocycles. The average Bonchev–Trinajstić information content (AvgIpc) is 2.55. The molecule has 1 rings (SSSR count). The molecule has 0 radical (unpaired) electrons. The van der Waals surface area contributed by atoms with Gasteiger partial charge in [0.25, 0.3) is 5.91 Å². The number of aliphatic hydroxyl groups is 1. The number of amidine groups is 1. The summed E-state index contributed by atoms with van der Waals surface area (Å²) in [6, 6.07) is 5.92. The Labute approximate surface area is 137 Å². The van der Waals surface area contributed by atoms with Gasteiger partial charge in [-0.1, -0.05) is 32.6 Å². The molecule has 0 aromatic heterocycles. The van der Waals surface area contributed by atoms with Gasteiger partial charge in [-0.2, -0.15) is 0 Å². The zero-order valence-corrected chi connectivity index (χ0v) is 13.7. The third-order valence-corrected chi connectivity index (χ3v) is 3.50. The van der Waals surface area contributed by atoms with Gasteiger partial charge in [0, 0.05) is 5.56 Å². The number of carbonyl (C=O) groups excluding carboxylic acids is 1. The van der Waals surface area contributed by atoms with Crippen LogP contribution < -0.4 is 15.8 Å². The highest BCUT2D eigenvalue weighted by Gasteiger charge is 2.15. The second-order valence-corrected chi connectivity index (χ2v) is 5.45. The maximum absolute atomic E-state index is 12.0. The number of rotatable bonds is 11. The molecule has 6 nitrogen and oxygen atoms in total. The molecule has 0 fully saturated rings. The Hall–Kier alpha value is -2.08. The van der Waals surface area contributed by atoms with Crippen LogP contribution in [0, 0.1) is 5.41 Å². The Morgan fingerprint density at radius 3 is 2.48 bits per heavy atom. The van der Waals surface area contributed by atoms with Crippen LogP contribution in [0.25, 0.3) is 0 Å². The molecule has 0 aliphatic carbocycles. The van der Waals surface area contributed by atoms with Crippen LogP contribution in [0.5, 0.6) is 5.75 Å². The highest BCUT2D eigenvalue weighted by atomic mass is 16.5. The Morgan fingerprint density at radius 1 is 1.26 bits per heavy atom. The summed E-state index contributed by atoms with van der Waals surface area (Å²) in [5.41, 5.74) is 5.72. The molecule has 1 atom stereocenters. The molecule has 0 aliphatic heterocycles. The van der Waals surface area contributed by atoms with Crippen LogP contribution in [-0.2, 0) is 0 Å². The number of ether oxygens (including phenoxy) is 1. The first-order valence-corrected chi connectivity index (χ1v) is 8.07. The van der Waals surface area contributed by atoms with Gasteiger partial charge in [-0.15, -0.1) is 0 Å². The van der Waals surface area contributed by atoms with E-state index in [1.165, 1.54) is 25.7 Å². The van der Waals surface area contributed by atoms with Crippen molar-refractivity contribution in [3.8, 4) is 5.75 Å². The van der Waals surface area contributed by atoms with Gasteiger partial charge in [0.05, 0.1) is 13.2 Å². The highest BCUT2D eigenvalue weighted by molar-refractivity contribution is 5.97. The molecule has 0 bridgehead atoms. The quantitative estimate of drug-likeness (QED) is 0.284. The van der Waals surface area contributed by atoms with Crippen molar-refractivity contribution in [2.24, 2.45) is 5.73 Å². The van der Waals surface area contributed by atoms with Crippen LogP contribution in [-0.4, -0.2) is 36.1 Å². The number of hydrogen-bond acceptors (Lipinski definition) is 4. The Bertz CT molecular complexity index is 488. The van der Waals surface area contributed by atoms with Crippen LogP contribution >= 0.6 is 0 Å². The third-order valence-electron chi connectivity index (χ3n) is 3.50. The molecule has 6 heteroatoms. The number of hydrogen-bond donors (Lipinski definition) is 4. The van der Waals surface area contributed by atoms with Gasteiger partial charge in [-0.05, 0) is 30.7 Å². The van der Waals surface area contributed by atoms with Crippen LogP contribution in [0.2, 0.25) is 0 Å². The van der Waals surface area contributed by atoms with E-state index in [4.69, 9.17) is 21.0 Å². The van der Waals surface area contributed by atoms with E-state index in [2.05, 4.69) is 12.2 Å². The number of unbranched alkanes of at least 4 members (excludes halogenated alkanes) is 4. The molecule has 1 amide bonds. The van der Waals surface area contributed by atoms with Crippen molar-refractivity contribution in [3.63, 3.8) is 0 Å². The lowest BCUT2D eigenvalue weighted by Gasteiger charge is -2.14. The molecule has 23 heavy (non-hydrogen) atoms. The Balaban J connectivity index is 2.40. The van der Waals surface area contributed by atoms with E-state index in [0.29, 0.717) is 12.2 Å². The minimum Gasteiger partial charge on any atom is -0.494 e. The Kier molecular flexibility index (Phi) is 8.75. The van der Waals surface area contributed by atoms with Crippen molar-refractivity contribution in [2.45, 2.75) is 45.1 Å². The summed E-state index contributed by atoms with van der Waals surface area (Å²) in [6.07, 6.45) is 5.92. The maximum Gasteiger partial charge on any atom is 0.251 e. The van der Waals surface area contributed by atoms with E-state index in [1.807, 2.05) is 0 Å². The zero-order chi connectivity index (χ0) is 17.1. The summed E-state index contributed by atoms with van der Waals surface area (Å²) in [4.78, 5) is 12.0. The lowest BCUT2D eigenvalue weighted by Crippen LogP contribution is -2.46. The molecule has 0 aliphatic rings. The van der Waals surface area contributed by atoms with Gasteiger partial charge in [-0.3, -0.25) is 10.2 Å². The number of amides is 1. The van der Waals surface area contributed by atoms with E-state index in [1.54, 1.807) is 24.3 Å². The molecular weight excluding hydrogens is 294 g/mol. The minimum absolute atomic E-state index is 0.274. The molecule has 0 saturated carbocycles. The SMILES string of the molecule is CCCCCCCOc1ccc(C(=O)NC(CO)C(=N)N)cc1. The van der Waals surface area contributed by atoms with Crippen LogP contribution in [0.3, 0.4) is 0 Å². The van der Waals surface area contributed by atoms with Gasteiger partial charge in [0.2, 0.25) is 0 Å². The van der Waals surface area contributed by atoms with Crippen LogP contribution in [0.15, 0.2) is 24.3 Å². The van der Waals surface area contributed by atoms with Crippen LogP contribution in [0.4, 0.5) is 0 Å². The fourth-order valence-electron chi connectivity index (χ4n) is 2.06. The second kappa shape index (κ2) is 10.6. The standard InChI is InChI=1S/C17H27N3O3/c1-2-3-4-5-6-11-23-14-9-7-13(8-10-14)17(22)20-15(12-21)16(18)19/h7-10,15,21H,2-6,11-12H2,1H3,(H3,18,19)(H,20,22). The monoisotopic (exact) mass is 321 g/mol. The minimum atomic E-state index is -0.860. The van der Waals surface area contributed by atoms with Crippen molar-refractivity contribution < 1.29 is 14.6 Å². The molecule has 128 valence electrons. The first-order valence-electron chi connectivity index (χ1n) is 8.07. The van der Waals surface area contributed by atoms with Gasteiger partial charge >= 0.3 is 0 Å². The molecule has 1 aromatic rings. The van der Waals surface area contributed by atoms with Gasteiger partial charge in [-0.25, -0.2) is 0 Å². The van der Waals surface area contributed by atoms with Crippen molar-refractivity contribution in [3.05, 3.63) is 29.8 Å². The van der Waals surface area contributed by atoms with Crippen molar-refractivity contribution in [1.29, 1.82) is 5.41 Å². The third kappa shape index (κ3) is 7.15. The summed E-state index contributed by atoms with van der Waals surface area (Å²) in [6.45, 7) is 2.46. The first-order chi connectivity index (χ1) is 11.1. The summed E-state index contributed by atoms with van der Waals surface area (Å²) in [5, 5.41) is 18.8. The maximum atomic E-state index is 12.0. The van der Waals surface area contributed by atoms with Crippen molar-refractivity contribution in [1.82, 2.24) is 5.32 Å². The summed E-state index contributed by atoms with van der Waals surface area (Å²) >= 11 is 0. The zero-order valence-electron chi connectivity index (χ0n) is 13.7. The number of aliphatic hydroxyl groups excluding tert-OH is 1. The second-order valence-electron chi connectivity index (χ2n) is 5.45. The largest absolute Gasteiger partial charge is 0.494 e. The van der Waals surface area contributed by atoms with Gasteiger partial charge in [0.1, 0.15) is 17.6 Å². The lowest BCUT2D eigenvalue weighted by atomic mass is 10.1. The van der Waals surface area contributed by atoms with E-state index < -0.39 is 12.6 Å². The molecule has 1 unspecified atom stereocenters. The molecule has 0 spiro atoms. The fraction of sp³-hybridized carbons (Fsp3) is 0.529. The predicted octanol–water partition coefficient (Wildman–Crippen LogP) is 2.06.